The zero-order chi connectivity index (χ0) is 20.1. The molecule has 1 N–H and O–H groups in total. The molecule has 5 nitrogen and oxygen atoms in total. The minimum atomic E-state index is -3.47. The van der Waals surface area contributed by atoms with E-state index in [0.717, 1.165) is 37.1 Å². The number of carbonyl (C=O) groups excluding carboxylic acids is 1. The smallest absolute Gasteiger partial charge is 0.244 e. The van der Waals surface area contributed by atoms with Crippen molar-refractivity contribution in [3.05, 3.63) is 71.3 Å². The monoisotopic (exact) mass is 406 g/mol. The number of rotatable bonds is 6. The standard InChI is InChI=1S/C20H20F2N2O3S/c21-18-4-3-5-19(22)17(18)10-11-20(25)23-14-15-6-8-16(9-7-15)28(26,27)24-12-1-2-13-24/h3-11H,1-2,12-14H2,(H,23,25). The highest BCUT2D eigenvalue weighted by atomic mass is 32.2. The van der Waals surface area contributed by atoms with Crippen LogP contribution in [0.3, 0.4) is 0 Å². The van der Waals surface area contributed by atoms with E-state index in [2.05, 4.69) is 5.32 Å². The molecule has 1 fully saturated rings. The van der Waals surface area contributed by atoms with E-state index < -0.39 is 27.6 Å². The number of benzene rings is 2. The second-order valence-electron chi connectivity index (χ2n) is 6.44. The van der Waals surface area contributed by atoms with Gasteiger partial charge in [0.05, 0.1) is 4.90 Å². The largest absolute Gasteiger partial charge is 0.348 e. The molecular formula is C20H20F2N2O3S. The van der Waals surface area contributed by atoms with E-state index in [-0.39, 0.29) is 17.0 Å². The summed E-state index contributed by atoms with van der Waals surface area (Å²) in [6.45, 7) is 1.23. The quantitative estimate of drug-likeness (QED) is 0.750. The van der Waals surface area contributed by atoms with E-state index in [0.29, 0.717) is 18.7 Å². The van der Waals surface area contributed by atoms with Crippen molar-refractivity contribution in [3.63, 3.8) is 0 Å². The molecule has 0 aliphatic carbocycles. The van der Waals surface area contributed by atoms with Gasteiger partial charge in [-0.2, -0.15) is 4.31 Å². The number of hydrogen-bond donors (Lipinski definition) is 1. The maximum Gasteiger partial charge on any atom is 0.244 e. The van der Waals surface area contributed by atoms with Crippen LogP contribution in [-0.2, 0) is 21.4 Å². The Morgan fingerprint density at radius 3 is 2.25 bits per heavy atom. The highest BCUT2D eigenvalue weighted by Crippen LogP contribution is 2.21. The van der Waals surface area contributed by atoms with Crippen molar-refractivity contribution in [2.75, 3.05) is 13.1 Å². The number of nitrogens with zero attached hydrogens (tertiary/aromatic N) is 1. The highest BCUT2D eigenvalue weighted by molar-refractivity contribution is 7.89. The van der Waals surface area contributed by atoms with Gasteiger partial charge in [-0.15, -0.1) is 0 Å². The van der Waals surface area contributed by atoms with Gasteiger partial charge in [0.15, 0.2) is 0 Å². The number of hydrogen-bond acceptors (Lipinski definition) is 3. The molecule has 0 unspecified atom stereocenters. The zero-order valence-corrected chi connectivity index (χ0v) is 15.9. The third-order valence-electron chi connectivity index (χ3n) is 4.49. The van der Waals surface area contributed by atoms with Crippen molar-refractivity contribution in [1.29, 1.82) is 0 Å². The summed E-state index contributed by atoms with van der Waals surface area (Å²) in [6, 6.07) is 9.75. The minimum absolute atomic E-state index is 0.160. The molecule has 1 amide bonds. The van der Waals surface area contributed by atoms with Gasteiger partial charge in [-0.1, -0.05) is 18.2 Å². The van der Waals surface area contributed by atoms with Gasteiger partial charge in [-0.3, -0.25) is 4.79 Å². The minimum Gasteiger partial charge on any atom is -0.348 e. The third-order valence-corrected chi connectivity index (χ3v) is 6.41. The SMILES string of the molecule is O=C(C=Cc1c(F)cccc1F)NCc1ccc(S(=O)(=O)N2CCCC2)cc1. The molecular weight excluding hydrogens is 386 g/mol. The van der Waals surface area contributed by atoms with E-state index in [1.165, 1.54) is 22.5 Å². The second kappa shape index (κ2) is 8.62. The van der Waals surface area contributed by atoms with Gasteiger partial charge in [0, 0.05) is 31.3 Å². The van der Waals surface area contributed by atoms with E-state index in [9.17, 15) is 22.0 Å². The number of nitrogens with one attached hydrogen (secondary N) is 1. The Balaban J connectivity index is 1.59. The lowest BCUT2D eigenvalue weighted by atomic mass is 10.2. The van der Waals surface area contributed by atoms with E-state index in [1.807, 2.05) is 0 Å². The lowest BCUT2D eigenvalue weighted by Gasteiger charge is -2.15. The predicted molar refractivity (Wildman–Crippen MR) is 102 cm³/mol. The maximum absolute atomic E-state index is 13.5. The third kappa shape index (κ3) is 4.63. The molecule has 148 valence electrons. The molecule has 1 aliphatic heterocycles. The first kappa shape index (κ1) is 20.2. The van der Waals surface area contributed by atoms with Gasteiger partial charge in [0.2, 0.25) is 15.9 Å². The van der Waals surface area contributed by atoms with Crippen LogP contribution in [0.4, 0.5) is 8.78 Å². The summed E-state index contributed by atoms with van der Waals surface area (Å²) < 4.78 is 53.5. The van der Waals surface area contributed by atoms with Gasteiger partial charge in [-0.05, 0) is 48.7 Å². The van der Waals surface area contributed by atoms with Crippen molar-refractivity contribution in [2.45, 2.75) is 24.3 Å². The lowest BCUT2D eigenvalue weighted by Crippen LogP contribution is -2.27. The fraction of sp³-hybridized carbons (Fsp3) is 0.250. The molecule has 2 aromatic carbocycles. The van der Waals surface area contributed by atoms with Crippen LogP contribution in [0.15, 0.2) is 53.4 Å². The number of amides is 1. The van der Waals surface area contributed by atoms with Crippen LogP contribution in [0.5, 0.6) is 0 Å². The van der Waals surface area contributed by atoms with Crippen LogP contribution in [0.1, 0.15) is 24.0 Å². The molecule has 0 saturated carbocycles. The molecule has 1 heterocycles. The fourth-order valence-corrected chi connectivity index (χ4v) is 4.45. The normalized spacial score (nSPS) is 15.2. The molecule has 0 radical (unpaired) electrons. The average molecular weight is 406 g/mol. The Morgan fingerprint density at radius 1 is 1.04 bits per heavy atom. The molecule has 0 spiro atoms. The van der Waals surface area contributed by atoms with Crippen molar-refractivity contribution >= 4 is 22.0 Å². The van der Waals surface area contributed by atoms with Crippen LogP contribution >= 0.6 is 0 Å². The molecule has 3 rings (SSSR count). The summed E-state index contributed by atoms with van der Waals surface area (Å²) in [7, 11) is -3.47. The topological polar surface area (TPSA) is 66.5 Å². The maximum atomic E-state index is 13.5. The zero-order valence-electron chi connectivity index (χ0n) is 15.1. The molecule has 0 aromatic heterocycles. The Morgan fingerprint density at radius 2 is 1.64 bits per heavy atom. The first-order chi connectivity index (χ1) is 13.4. The summed E-state index contributed by atoms with van der Waals surface area (Å²) in [6.07, 6.45) is 3.86. The number of sulfonamides is 1. The summed E-state index contributed by atoms with van der Waals surface area (Å²) >= 11 is 0. The first-order valence-electron chi connectivity index (χ1n) is 8.87. The van der Waals surface area contributed by atoms with Crippen molar-refractivity contribution in [2.24, 2.45) is 0 Å². The van der Waals surface area contributed by atoms with Crippen molar-refractivity contribution < 1.29 is 22.0 Å². The molecule has 2 aromatic rings. The number of halogens is 2. The van der Waals surface area contributed by atoms with Gasteiger partial charge in [0.1, 0.15) is 11.6 Å². The molecule has 1 aliphatic rings. The highest BCUT2D eigenvalue weighted by Gasteiger charge is 2.26. The molecule has 8 heteroatoms. The molecule has 28 heavy (non-hydrogen) atoms. The summed E-state index contributed by atoms with van der Waals surface area (Å²) in [5.41, 5.74) is 0.424. The molecule has 0 bridgehead atoms. The van der Waals surface area contributed by atoms with Gasteiger partial charge >= 0.3 is 0 Å². The van der Waals surface area contributed by atoms with Gasteiger partial charge < -0.3 is 5.32 Å². The summed E-state index contributed by atoms with van der Waals surface area (Å²) in [5, 5.41) is 2.59. The average Bonchev–Trinajstić information content (AvgIpc) is 3.22. The molecule has 1 saturated heterocycles. The summed E-state index contributed by atoms with van der Waals surface area (Å²) in [4.78, 5) is 12.1. The summed E-state index contributed by atoms with van der Waals surface area (Å²) in [5.74, 6) is -2.02. The van der Waals surface area contributed by atoms with Gasteiger partial charge in [0.25, 0.3) is 0 Å². The Hall–Kier alpha value is -2.58. The molecule has 0 atom stereocenters. The Kier molecular flexibility index (Phi) is 6.21. The van der Waals surface area contributed by atoms with Gasteiger partial charge in [-0.25, -0.2) is 17.2 Å². The lowest BCUT2D eigenvalue weighted by molar-refractivity contribution is -0.116. The van der Waals surface area contributed by atoms with E-state index in [1.54, 1.807) is 12.1 Å². The van der Waals surface area contributed by atoms with E-state index in [4.69, 9.17) is 0 Å². The predicted octanol–water partition coefficient (Wildman–Crippen LogP) is 3.08. The Labute approximate surface area is 162 Å². The number of carbonyl (C=O) groups is 1. The second-order valence-corrected chi connectivity index (χ2v) is 8.38. The van der Waals surface area contributed by atoms with Crippen LogP contribution in [0, 0.1) is 11.6 Å². The van der Waals surface area contributed by atoms with Crippen LogP contribution < -0.4 is 5.32 Å². The first-order valence-corrected chi connectivity index (χ1v) is 10.3. The van der Waals surface area contributed by atoms with E-state index >= 15 is 0 Å². The Bertz CT molecular complexity index is 963. The fourth-order valence-electron chi connectivity index (χ4n) is 2.93. The van der Waals surface area contributed by atoms with Crippen LogP contribution in [0.25, 0.3) is 6.08 Å². The van der Waals surface area contributed by atoms with Crippen molar-refractivity contribution in [1.82, 2.24) is 9.62 Å². The van der Waals surface area contributed by atoms with Crippen LogP contribution in [0.2, 0.25) is 0 Å². The van der Waals surface area contributed by atoms with Crippen molar-refractivity contribution in [3.8, 4) is 0 Å². The van der Waals surface area contributed by atoms with Crippen LogP contribution in [-0.4, -0.2) is 31.7 Å².